The third-order valence-corrected chi connectivity index (χ3v) is 4.55. The molecule has 4 atom stereocenters. The summed E-state index contributed by atoms with van der Waals surface area (Å²) < 4.78 is 5.51. The number of fused-ring (bicyclic) bond motifs is 2. The maximum atomic E-state index is 12.4. The van der Waals surface area contributed by atoms with Gasteiger partial charge in [0.15, 0.2) is 0 Å². The Bertz CT molecular complexity index is 615. The summed E-state index contributed by atoms with van der Waals surface area (Å²) in [6.07, 6.45) is 4.50. The van der Waals surface area contributed by atoms with Crippen molar-refractivity contribution < 1.29 is 19.4 Å². The van der Waals surface area contributed by atoms with E-state index in [2.05, 4.69) is 5.32 Å². The van der Waals surface area contributed by atoms with E-state index in [4.69, 9.17) is 4.74 Å². The first-order valence-electron chi connectivity index (χ1n) is 6.61. The quantitative estimate of drug-likeness (QED) is 0.657. The van der Waals surface area contributed by atoms with Crippen LogP contribution in [0.2, 0.25) is 0 Å². The number of anilines is 1. The molecule has 2 bridgehead atoms. The Hall–Kier alpha value is -1.79. The number of carbonyl (C=O) groups excluding carboxylic acids is 1. The fourth-order valence-corrected chi connectivity index (χ4v) is 3.30. The Morgan fingerprint density at radius 2 is 1.95 bits per heavy atom. The van der Waals surface area contributed by atoms with Crippen molar-refractivity contribution >= 4 is 29.3 Å². The van der Waals surface area contributed by atoms with Crippen LogP contribution < -0.4 is 5.32 Å². The van der Waals surface area contributed by atoms with Crippen molar-refractivity contribution in [3.05, 3.63) is 36.4 Å². The van der Waals surface area contributed by atoms with Gasteiger partial charge in [0.1, 0.15) is 5.92 Å². The number of amides is 1. The lowest BCUT2D eigenvalue weighted by atomic mass is 9.82. The molecule has 21 heavy (non-hydrogen) atoms. The molecule has 1 fully saturated rings. The van der Waals surface area contributed by atoms with Gasteiger partial charge in [-0.25, -0.2) is 0 Å². The molecule has 6 heteroatoms. The maximum Gasteiger partial charge on any atom is 0.310 e. The number of carboxylic acids is 1. The molecule has 1 aromatic carbocycles. The molecule has 4 unspecified atom stereocenters. The number of carbonyl (C=O) groups is 2. The maximum absolute atomic E-state index is 12.4. The zero-order valence-corrected chi connectivity index (χ0v) is 12.2. The smallest absolute Gasteiger partial charge is 0.310 e. The van der Waals surface area contributed by atoms with Crippen LogP contribution in [0.3, 0.4) is 0 Å². The first-order chi connectivity index (χ1) is 10.1. The molecular formula is C15H15NO4S. The number of aliphatic carboxylic acids is 1. The Balaban J connectivity index is 1.78. The first kappa shape index (κ1) is 14.2. The normalized spacial score (nSPS) is 29.6. The summed E-state index contributed by atoms with van der Waals surface area (Å²) in [6, 6.07) is 7.45. The zero-order chi connectivity index (χ0) is 15.0. The molecule has 1 aromatic rings. The molecule has 0 aromatic heterocycles. The van der Waals surface area contributed by atoms with Crippen LogP contribution in [-0.4, -0.2) is 35.4 Å². The monoisotopic (exact) mass is 305 g/mol. The fourth-order valence-electron chi connectivity index (χ4n) is 2.84. The second-order valence-electron chi connectivity index (χ2n) is 5.06. The van der Waals surface area contributed by atoms with Gasteiger partial charge in [-0.05, 0) is 24.5 Å². The summed E-state index contributed by atoms with van der Waals surface area (Å²) in [4.78, 5) is 24.8. The van der Waals surface area contributed by atoms with Gasteiger partial charge in [-0.3, -0.25) is 9.59 Å². The Labute approximate surface area is 126 Å². The van der Waals surface area contributed by atoms with Gasteiger partial charge in [0.25, 0.3) is 0 Å². The lowest BCUT2D eigenvalue weighted by molar-refractivity contribution is -0.145. The highest BCUT2D eigenvalue weighted by Gasteiger charge is 2.53. The molecule has 1 amide bonds. The Morgan fingerprint density at radius 1 is 1.24 bits per heavy atom. The highest BCUT2D eigenvalue weighted by atomic mass is 32.2. The van der Waals surface area contributed by atoms with Crippen molar-refractivity contribution in [1.29, 1.82) is 0 Å². The molecule has 0 spiro atoms. The molecule has 110 valence electrons. The van der Waals surface area contributed by atoms with Crippen LogP contribution in [0.4, 0.5) is 5.69 Å². The second-order valence-corrected chi connectivity index (χ2v) is 5.94. The largest absolute Gasteiger partial charge is 0.481 e. The fraction of sp³-hybridized carbons (Fsp3) is 0.333. The van der Waals surface area contributed by atoms with E-state index in [-0.39, 0.29) is 5.91 Å². The highest BCUT2D eigenvalue weighted by molar-refractivity contribution is 7.98. The number of nitrogens with one attached hydrogen (secondary N) is 1. The van der Waals surface area contributed by atoms with Gasteiger partial charge in [0.05, 0.1) is 18.1 Å². The predicted octanol–water partition coefficient (Wildman–Crippen LogP) is 2.00. The van der Waals surface area contributed by atoms with Gasteiger partial charge in [0, 0.05) is 10.6 Å². The lowest BCUT2D eigenvalue weighted by Gasteiger charge is -2.21. The summed E-state index contributed by atoms with van der Waals surface area (Å²) in [5, 5.41) is 12.1. The van der Waals surface area contributed by atoms with Gasteiger partial charge in [-0.15, -0.1) is 11.8 Å². The molecular weight excluding hydrogens is 290 g/mol. The third-order valence-electron chi connectivity index (χ3n) is 3.82. The van der Waals surface area contributed by atoms with E-state index in [1.807, 2.05) is 24.5 Å². The number of ether oxygens (including phenoxy) is 1. The van der Waals surface area contributed by atoms with Gasteiger partial charge >= 0.3 is 5.97 Å². The average molecular weight is 305 g/mol. The van der Waals surface area contributed by atoms with E-state index in [0.717, 1.165) is 4.90 Å². The zero-order valence-electron chi connectivity index (χ0n) is 11.4. The minimum Gasteiger partial charge on any atom is -0.481 e. The lowest BCUT2D eigenvalue weighted by Crippen LogP contribution is -2.39. The molecule has 2 aliphatic heterocycles. The van der Waals surface area contributed by atoms with Crippen molar-refractivity contribution in [2.24, 2.45) is 11.8 Å². The van der Waals surface area contributed by atoms with E-state index in [9.17, 15) is 14.7 Å². The minimum atomic E-state index is -0.995. The van der Waals surface area contributed by atoms with Crippen LogP contribution in [0.1, 0.15) is 0 Å². The molecule has 3 rings (SSSR count). The van der Waals surface area contributed by atoms with Crippen LogP contribution in [0, 0.1) is 11.8 Å². The van der Waals surface area contributed by atoms with Crippen LogP contribution in [0.15, 0.2) is 41.3 Å². The average Bonchev–Trinajstić information content (AvgIpc) is 3.07. The van der Waals surface area contributed by atoms with Gasteiger partial charge in [-0.2, -0.15) is 0 Å². The summed E-state index contributed by atoms with van der Waals surface area (Å²) in [7, 11) is 0. The highest BCUT2D eigenvalue weighted by Crippen LogP contribution is 2.39. The Morgan fingerprint density at radius 3 is 2.62 bits per heavy atom. The van der Waals surface area contributed by atoms with Crippen molar-refractivity contribution in [2.45, 2.75) is 17.1 Å². The number of rotatable bonds is 4. The van der Waals surface area contributed by atoms with Crippen molar-refractivity contribution in [2.75, 3.05) is 11.6 Å². The van der Waals surface area contributed by atoms with Crippen molar-refractivity contribution in [1.82, 2.24) is 0 Å². The first-order valence-corrected chi connectivity index (χ1v) is 7.84. The molecule has 0 saturated carbocycles. The van der Waals surface area contributed by atoms with Crippen LogP contribution in [0.25, 0.3) is 0 Å². The summed E-state index contributed by atoms with van der Waals surface area (Å²) in [5.41, 5.74) is 0.669. The topological polar surface area (TPSA) is 75.6 Å². The summed E-state index contributed by atoms with van der Waals surface area (Å²) >= 11 is 1.58. The number of benzene rings is 1. The summed E-state index contributed by atoms with van der Waals surface area (Å²) in [6.45, 7) is 0. The molecule has 0 radical (unpaired) electrons. The number of hydrogen-bond donors (Lipinski definition) is 2. The predicted molar refractivity (Wildman–Crippen MR) is 79.3 cm³/mol. The van der Waals surface area contributed by atoms with Crippen LogP contribution in [-0.2, 0) is 14.3 Å². The SMILES string of the molecule is CSc1cccc(NC(=O)C2C3C=CC(O3)C2C(=O)O)c1. The molecule has 2 N–H and O–H groups in total. The molecule has 5 nitrogen and oxygen atoms in total. The minimum absolute atomic E-state index is 0.308. The number of carboxylic acid groups (broad SMARTS) is 1. The third kappa shape index (κ3) is 2.56. The van der Waals surface area contributed by atoms with E-state index in [1.165, 1.54) is 0 Å². The molecule has 2 heterocycles. The molecule has 2 aliphatic rings. The van der Waals surface area contributed by atoms with Crippen LogP contribution >= 0.6 is 11.8 Å². The second kappa shape index (κ2) is 5.54. The molecule has 0 aliphatic carbocycles. The Kier molecular flexibility index (Phi) is 3.73. The van der Waals surface area contributed by atoms with Crippen molar-refractivity contribution in [3.63, 3.8) is 0 Å². The number of thioether (sulfide) groups is 1. The van der Waals surface area contributed by atoms with E-state index in [0.29, 0.717) is 5.69 Å². The van der Waals surface area contributed by atoms with E-state index in [1.54, 1.807) is 30.0 Å². The standard InChI is InChI=1S/C15H15NO4S/c1-21-9-4-2-3-8(7-9)16-14(17)12-10-5-6-11(20-10)13(12)15(18)19/h2-7,10-13H,1H3,(H,16,17)(H,18,19). The van der Waals surface area contributed by atoms with Crippen LogP contribution in [0.5, 0.6) is 0 Å². The van der Waals surface area contributed by atoms with Gasteiger partial charge in [-0.1, -0.05) is 18.2 Å². The summed E-state index contributed by atoms with van der Waals surface area (Å²) in [5.74, 6) is -2.80. The van der Waals surface area contributed by atoms with E-state index < -0.39 is 30.0 Å². The number of hydrogen-bond acceptors (Lipinski definition) is 4. The van der Waals surface area contributed by atoms with Gasteiger partial charge in [0.2, 0.25) is 5.91 Å². The van der Waals surface area contributed by atoms with Crippen molar-refractivity contribution in [3.8, 4) is 0 Å². The van der Waals surface area contributed by atoms with Gasteiger partial charge < -0.3 is 15.2 Å². The molecule has 1 saturated heterocycles. The van der Waals surface area contributed by atoms with E-state index >= 15 is 0 Å².